The lowest BCUT2D eigenvalue weighted by atomic mass is 10.0. The predicted octanol–water partition coefficient (Wildman–Crippen LogP) is 21.5. The molecule has 0 aromatic carbocycles. The number of aliphatic hydroxyl groups excluding tert-OH is 1. The zero-order chi connectivity index (χ0) is 59.1. The second-order valence-electron chi connectivity index (χ2n) is 23.8. The van der Waals surface area contributed by atoms with Crippen LogP contribution >= 0.6 is 7.82 Å². The van der Waals surface area contributed by atoms with Gasteiger partial charge in [-0.1, -0.05) is 297 Å². The summed E-state index contributed by atoms with van der Waals surface area (Å²) < 4.78 is 23.7. The van der Waals surface area contributed by atoms with Crippen LogP contribution in [0.3, 0.4) is 0 Å². The fraction of sp³-hybridized carbons (Fsp3) is 0.736. The second-order valence-corrected chi connectivity index (χ2v) is 25.3. The van der Waals surface area contributed by atoms with Crippen LogP contribution in [0.5, 0.6) is 0 Å². The SMILES string of the molecule is CC/C=C\C/C=C\C/C=C\C/C=C\C/C=C\C/C=C\CCCCCCCCCCCCCCCCCCCCCCC(=O)NC(COP(=O)(O)OCC[N+](C)(C)C)C(O)/C=C/CC/C=C/CC/C=C/CCCCCCCCCCCC. The molecule has 3 N–H and O–H groups in total. The van der Waals surface area contributed by atoms with Crippen LogP contribution in [0, 0.1) is 0 Å². The summed E-state index contributed by atoms with van der Waals surface area (Å²) in [5.74, 6) is -0.190. The number of aliphatic hydroxyl groups is 1. The van der Waals surface area contributed by atoms with Crippen LogP contribution in [0.15, 0.2) is 109 Å². The smallest absolute Gasteiger partial charge is 0.387 e. The minimum Gasteiger partial charge on any atom is -0.387 e. The number of likely N-dealkylation sites (N-methyl/N-ethyl adjacent to an activating group) is 1. The predicted molar refractivity (Wildman–Crippen MR) is 355 cm³/mol. The number of phosphoric ester groups is 1. The molecule has 3 atom stereocenters. The second kappa shape index (κ2) is 61.7. The molecule has 0 aliphatic carbocycles. The third-order valence-corrected chi connectivity index (χ3v) is 15.7. The van der Waals surface area contributed by atoms with Crippen LogP contribution in [-0.2, 0) is 18.4 Å². The van der Waals surface area contributed by atoms with Gasteiger partial charge in [0.15, 0.2) is 0 Å². The number of quaternary nitrogens is 1. The molecule has 0 aromatic heterocycles. The molecule has 0 aliphatic rings. The molecule has 0 heterocycles. The lowest BCUT2D eigenvalue weighted by molar-refractivity contribution is -0.870. The molecule has 0 rings (SSSR count). The maximum Gasteiger partial charge on any atom is 0.472 e. The van der Waals surface area contributed by atoms with E-state index in [1.165, 1.54) is 186 Å². The minimum absolute atomic E-state index is 0.0512. The third kappa shape index (κ3) is 64.6. The first-order valence-electron chi connectivity index (χ1n) is 33.8. The Morgan fingerprint density at radius 1 is 0.432 bits per heavy atom. The Kier molecular flexibility index (Phi) is 59.5. The maximum atomic E-state index is 13.0. The quantitative estimate of drug-likeness (QED) is 0.0243. The molecule has 0 bridgehead atoms. The van der Waals surface area contributed by atoms with E-state index in [4.69, 9.17) is 9.05 Å². The average Bonchev–Trinajstić information content (AvgIpc) is 3.43. The van der Waals surface area contributed by atoms with Gasteiger partial charge in [0, 0.05) is 6.42 Å². The van der Waals surface area contributed by atoms with E-state index in [0.717, 1.165) is 83.5 Å². The van der Waals surface area contributed by atoms with E-state index in [1.54, 1.807) is 6.08 Å². The highest BCUT2D eigenvalue weighted by molar-refractivity contribution is 7.47. The average molecular weight is 1150 g/mol. The van der Waals surface area contributed by atoms with E-state index in [2.05, 4.69) is 116 Å². The number of nitrogens with one attached hydrogen (secondary N) is 1. The highest BCUT2D eigenvalue weighted by Gasteiger charge is 2.28. The summed E-state index contributed by atoms with van der Waals surface area (Å²) in [5.41, 5.74) is 0. The van der Waals surface area contributed by atoms with Crippen LogP contribution in [0.2, 0.25) is 0 Å². The van der Waals surface area contributed by atoms with Crippen molar-refractivity contribution >= 4 is 13.7 Å². The number of phosphoric acid groups is 1. The molecule has 0 spiro atoms. The fourth-order valence-electron chi connectivity index (χ4n) is 9.49. The molecule has 81 heavy (non-hydrogen) atoms. The van der Waals surface area contributed by atoms with Gasteiger partial charge < -0.3 is 19.8 Å². The molecule has 0 radical (unpaired) electrons. The van der Waals surface area contributed by atoms with E-state index in [1.807, 2.05) is 27.2 Å². The van der Waals surface area contributed by atoms with Crippen molar-refractivity contribution < 1.29 is 32.9 Å². The number of rotatable bonds is 61. The number of unbranched alkanes of at least 4 members (excludes halogenated alkanes) is 32. The van der Waals surface area contributed by atoms with E-state index >= 15 is 0 Å². The maximum absolute atomic E-state index is 13.0. The Labute approximate surface area is 501 Å². The number of hydrogen-bond acceptors (Lipinski definition) is 5. The number of allylic oxidation sites excluding steroid dienone is 17. The molecule has 1 amide bonds. The zero-order valence-corrected chi connectivity index (χ0v) is 54.4. The van der Waals surface area contributed by atoms with Crippen LogP contribution in [-0.4, -0.2) is 73.4 Å². The van der Waals surface area contributed by atoms with Crippen molar-refractivity contribution in [3.8, 4) is 0 Å². The highest BCUT2D eigenvalue weighted by atomic mass is 31.2. The molecule has 8 nitrogen and oxygen atoms in total. The van der Waals surface area contributed by atoms with Crippen LogP contribution < -0.4 is 5.32 Å². The largest absolute Gasteiger partial charge is 0.472 e. The van der Waals surface area contributed by atoms with Gasteiger partial charge in [-0.05, 0) is 96.3 Å². The topological polar surface area (TPSA) is 105 Å². The highest BCUT2D eigenvalue weighted by Crippen LogP contribution is 2.43. The molecule has 0 aliphatic heterocycles. The summed E-state index contributed by atoms with van der Waals surface area (Å²) in [6, 6.07) is -0.875. The van der Waals surface area contributed by atoms with Crippen molar-refractivity contribution in [1.29, 1.82) is 0 Å². The lowest BCUT2D eigenvalue weighted by Gasteiger charge is -2.25. The van der Waals surface area contributed by atoms with Gasteiger partial charge in [-0.25, -0.2) is 4.57 Å². The van der Waals surface area contributed by atoms with Gasteiger partial charge in [-0.15, -0.1) is 0 Å². The Morgan fingerprint density at radius 3 is 1.14 bits per heavy atom. The summed E-state index contributed by atoms with van der Waals surface area (Å²) in [4.78, 5) is 23.4. The standard InChI is InChI=1S/C72H129N2O6P/c1-6-8-10-12-14-16-18-20-22-24-26-28-29-30-31-32-33-34-35-36-37-38-39-40-41-42-43-44-45-46-48-50-52-54-56-58-60-62-64-66-72(76)73-70(69-80-81(77,78)79-68-67-74(3,4)5)71(75)65-63-61-59-57-55-53-51-49-47-27-25-23-21-19-17-15-13-11-9-7-2/h8,10,14,16,20,22,26,28,30-31,33-34,47,49,55,57,63,65,70-71,75H,6-7,9,11-13,15,17-19,21,23-25,27,29,32,35-46,48,50-54,56,58-62,64,66-69H2,1-5H3,(H-,73,76,77,78)/p+1/b10-8-,16-14-,22-20-,28-26-,31-30-,34-33-,49-47+,57-55+,65-63+. The minimum atomic E-state index is -4.37. The molecular formula is C72H130N2O6P+. The van der Waals surface area contributed by atoms with Gasteiger partial charge in [-0.2, -0.15) is 0 Å². The van der Waals surface area contributed by atoms with Crippen molar-refractivity contribution in [3.05, 3.63) is 109 Å². The summed E-state index contributed by atoms with van der Waals surface area (Å²) in [6.45, 7) is 4.69. The van der Waals surface area contributed by atoms with Crippen molar-refractivity contribution in [2.75, 3.05) is 40.9 Å². The molecule has 0 saturated heterocycles. The Hall–Kier alpha value is -2.84. The monoisotopic (exact) mass is 1150 g/mol. The molecular weight excluding hydrogens is 1020 g/mol. The van der Waals surface area contributed by atoms with Crippen molar-refractivity contribution in [2.45, 2.75) is 302 Å². The Balaban J connectivity index is 4.05. The third-order valence-electron chi connectivity index (χ3n) is 14.7. The molecule has 0 saturated carbocycles. The van der Waals surface area contributed by atoms with Crippen molar-refractivity contribution in [2.24, 2.45) is 0 Å². The van der Waals surface area contributed by atoms with Gasteiger partial charge >= 0.3 is 7.82 Å². The molecule has 3 unspecified atom stereocenters. The number of amides is 1. The van der Waals surface area contributed by atoms with Gasteiger partial charge in [0.25, 0.3) is 0 Å². The summed E-state index contributed by atoms with van der Waals surface area (Å²) in [7, 11) is 1.55. The number of carbonyl (C=O) groups excluding carboxylic acids is 1. The summed E-state index contributed by atoms with van der Waals surface area (Å²) in [6.07, 6.45) is 90.9. The first-order valence-corrected chi connectivity index (χ1v) is 35.3. The Morgan fingerprint density at radius 2 is 0.753 bits per heavy atom. The molecule has 0 fully saturated rings. The van der Waals surface area contributed by atoms with Gasteiger partial charge in [0.2, 0.25) is 5.91 Å². The van der Waals surface area contributed by atoms with Crippen molar-refractivity contribution in [1.82, 2.24) is 5.32 Å². The Bertz CT molecular complexity index is 1690. The van der Waals surface area contributed by atoms with Gasteiger partial charge in [0.1, 0.15) is 13.2 Å². The van der Waals surface area contributed by atoms with E-state index in [0.29, 0.717) is 17.4 Å². The van der Waals surface area contributed by atoms with Crippen molar-refractivity contribution in [3.63, 3.8) is 0 Å². The molecule has 468 valence electrons. The summed E-state index contributed by atoms with van der Waals surface area (Å²) >= 11 is 0. The fourth-order valence-corrected chi connectivity index (χ4v) is 10.2. The molecule has 0 aromatic rings. The number of hydrogen-bond donors (Lipinski definition) is 3. The summed E-state index contributed by atoms with van der Waals surface area (Å²) in [5, 5.41) is 13.9. The lowest BCUT2D eigenvalue weighted by Crippen LogP contribution is -2.45. The van der Waals surface area contributed by atoms with Crippen LogP contribution in [0.4, 0.5) is 0 Å². The normalized spacial score (nSPS) is 14.4. The zero-order valence-electron chi connectivity index (χ0n) is 53.5. The first kappa shape index (κ1) is 78.2. The van der Waals surface area contributed by atoms with Crippen LogP contribution in [0.1, 0.15) is 290 Å². The van der Waals surface area contributed by atoms with Gasteiger partial charge in [0.05, 0.1) is 39.9 Å². The number of carbonyl (C=O) groups is 1. The van der Waals surface area contributed by atoms with Gasteiger partial charge in [-0.3, -0.25) is 13.8 Å². The van der Waals surface area contributed by atoms with Crippen LogP contribution in [0.25, 0.3) is 0 Å². The first-order chi connectivity index (χ1) is 39.5. The molecule has 9 heteroatoms. The number of nitrogens with zero attached hydrogens (tertiary/aromatic N) is 1. The van der Waals surface area contributed by atoms with E-state index in [9.17, 15) is 19.4 Å². The van der Waals surface area contributed by atoms with E-state index < -0.39 is 20.0 Å². The van der Waals surface area contributed by atoms with E-state index in [-0.39, 0.29) is 19.1 Å².